The summed E-state index contributed by atoms with van der Waals surface area (Å²) < 4.78 is 29.0. The van der Waals surface area contributed by atoms with Crippen molar-refractivity contribution in [1.82, 2.24) is 10.2 Å². The fourth-order valence-electron chi connectivity index (χ4n) is 4.02. The molecule has 0 spiro atoms. The summed E-state index contributed by atoms with van der Waals surface area (Å²) in [6.45, 7) is 6.68. The van der Waals surface area contributed by atoms with Crippen molar-refractivity contribution < 1.29 is 18.0 Å². The number of rotatable bonds is 12. The van der Waals surface area contributed by atoms with Gasteiger partial charge >= 0.3 is 0 Å². The van der Waals surface area contributed by atoms with Crippen molar-refractivity contribution in [3.63, 3.8) is 0 Å². The first-order chi connectivity index (χ1) is 19.4. The van der Waals surface area contributed by atoms with Gasteiger partial charge in [-0.2, -0.15) is 0 Å². The minimum Gasteiger partial charge on any atom is -0.352 e. The van der Waals surface area contributed by atoms with Crippen LogP contribution in [0.15, 0.2) is 76.5 Å². The molecular weight excluding hydrogens is 601 g/mol. The number of anilines is 1. The molecule has 0 fully saturated rings. The molecule has 11 heteroatoms. The van der Waals surface area contributed by atoms with Gasteiger partial charge in [0.1, 0.15) is 12.6 Å². The summed E-state index contributed by atoms with van der Waals surface area (Å²) in [5.74, 6) is -0.953. The van der Waals surface area contributed by atoms with Crippen LogP contribution in [0.1, 0.15) is 38.3 Å². The lowest BCUT2D eigenvalue weighted by molar-refractivity contribution is -0.139. The summed E-state index contributed by atoms with van der Waals surface area (Å²) >= 11 is 14.4. The van der Waals surface area contributed by atoms with Crippen LogP contribution in [0.4, 0.5) is 5.69 Å². The third-order valence-corrected chi connectivity index (χ3v) is 10.0. The average Bonchev–Trinajstić information content (AvgIpc) is 2.95. The Morgan fingerprint density at radius 2 is 1.54 bits per heavy atom. The summed E-state index contributed by atoms with van der Waals surface area (Å²) in [5.41, 5.74) is 1.72. The van der Waals surface area contributed by atoms with Crippen molar-refractivity contribution in [3.8, 4) is 0 Å². The van der Waals surface area contributed by atoms with Crippen molar-refractivity contribution >= 4 is 62.5 Å². The van der Waals surface area contributed by atoms with Crippen LogP contribution >= 0.6 is 35.0 Å². The Hall–Kier alpha value is -2.72. The van der Waals surface area contributed by atoms with E-state index in [1.807, 2.05) is 27.0 Å². The molecule has 1 N–H and O–H groups in total. The first-order valence-corrected chi connectivity index (χ1v) is 16.6. The number of hydrogen-bond donors (Lipinski definition) is 1. The number of aryl methyl sites for hydroxylation is 1. The molecule has 41 heavy (non-hydrogen) atoms. The molecule has 0 aliphatic heterocycles. The predicted molar refractivity (Wildman–Crippen MR) is 168 cm³/mol. The van der Waals surface area contributed by atoms with E-state index in [4.69, 9.17) is 23.2 Å². The number of nitrogens with one attached hydrogen (secondary N) is 1. The van der Waals surface area contributed by atoms with E-state index in [0.29, 0.717) is 27.7 Å². The van der Waals surface area contributed by atoms with Gasteiger partial charge in [-0.05, 0) is 82.0 Å². The Labute approximate surface area is 257 Å². The smallest absolute Gasteiger partial charge is 0.264 e. The van der Waals surface area contributed by atoms with Crippen molar-refractivity contribution in [2.45, 2.75) is 62.5 Å². The second-order valence-electron chi connectivity index (χ2n) is 9.74. The van der Waals surface area contributed by atoms with Crippen LogP contribution < -0.4 is 9.62 Å². The quantitative estimate of drug-likeness (QED) is 0.228. The number of hydrogen-bond acceptors (Lipinski definition) is 5. The maximum atomic E-state index is 14.1. The van der Waals surface area contributed by atoms with Crippen LogP contribution in [0.3, 0.4) is 0 Å². The van der Waals surface area contributed by atoms with Gasteiger partial charge in [0, 0.05) is 33.1 Å². The molecule has 3 aromatic rings. The molecule has 0 aliphatic rings. The average molecular weight is 637 g/mol. The first kappa shape index (κ1) is 32.8. The number of carbonyl (C=O) groups excluding carboxylic acids is 2. The van der Waals surface area contributed by atoms with E-state index in [-0.39, 0.29) is 23.4 Å². The lowest BCUT2D eigenvalue weighted by Gasteiger charge is -2.33. The van der Waals surface area contributed by atoms with Crippen LogP contribution in [-0.2, 0) is 26.2 Å². The fraction of sp³-hybridized carbons (Fsp3) is 0.333. The number of benzene rings is 3. The van der Waals surface area contributed by atoms with Crippen LogP contribution in [0.5, 0.6) is 0 Å². The molecule has 0 aromatic heterocycles. The van der Waals surface area contributed by atoms with Gasteiger partial charge in [0.2, 0.25) is 11.8 Å². The van der Waals surface area contributed by atoms with Crippen molar-refractivity contribution in [3.05, 3.63) is 87.9 Å². The molecule has 2 amide bonds. The van der Waals surface area contributed by atoms with E-state index in [1.54, 1.807) is 61.5 Å². The number of halogens is 2. The Morgan fingerprint density at radius 3 is 2.07 bits per heavy atom. The summed E-state index contributed by atoms with van der Waals surface area (Å²) in [6.07, 6.45) is 2.61. The van der Waals surface area contributed by atoms with E-state index >= 15 is 0 Å². The number of sulfonamides is 1. The van der Waals surface area contributed by atoms with Gasteiger partial charge in [0.25, 0.3) is 10.0 Å². The Morgan fingerprint density at radius 1 is 0.951 bits per heavy atom. The Kier molecular flexibility index (Phi) is 11.6. The molecule has 2 atom stereocenters. The molecule has 0 saturated heterocycles. The highest BCUT2D eigenvalue weighted by Gasteiger charge is 2.33. The predicted octanol–water partition coefficient (Wildman–Crippen LogP) is 6.55. The molecule has 3 aromatic carbocycles. The summed E-state index contributed by atoms with van der Waals surface area (Å²) in [6, 6.07) is 17.3. The lowest BCUT2D eigenvalue weighted by atomic mass is 10.1. The molecule has 0 saturated carbocycles. The van der Waals surface area contributed by atoms with Crippen molar-refractivity contribution in [2.24, 2.45) is 0 Å². The third-order valence-electron chi connectivity index (χ3n) is 6.81. The minimum absolute atomic E-state index is 0.0481. The molecular formula is C30H35Cl2N3O4S2. The molecule has 0 bridgehead atoms. The zero-order chi connectivity index (χ0) is 30.3. The van der Waals surface area contributed by atoms with Gasteiger partial charge in [-0.1, -0.05) is 53.9 Å². The van der Waals surface area contributed by atoms with Gasteiger partial charge in [-0.3, -0.25) is 13.9 Å². The van der Waals surface area contributed by atoms with E-state index in [9.17, 15) is 18.0 Å². The van der Waals surface area contributed by atoms with E-state index in [0.717, 1.165) is 14.8 Å². The molecule has 0 heterocycles. The van der Waals surface area contributed by atoms with E-state index in [1.165, 1.54) is 28.8 Å². The lowest BCUT2D eigenvalue weighted by Crippen LogP contribution is -2.52. The topological polar surface area (TPSA) is 86.8 Å². The van der Waals surface area contributed by atoms with Crippen LogP contribution in [0.2, 0.25) is 10.0 Å². The van der Waals surface area contributed by atoms with Crippen LogP contribution in [-0.4, -0.2) is 50.0 Å². The summed E-state index contributed by atoms with van der Waals surface area (Å²) in [5, 5.41) is 3.58. The van der Waals surface area contributed by atoms with Gasteiger partial charge < -0.3 is 10.2 Å². The number of carbonyl (C=O) groups is 2. The molecule has 0 radical (unpaired) electrons. The van der Waals surface area contributed by atoms with Gasteiger partial charge in [-0.15, -0.1) is 11.8 Å². The SMILES string of the molecule is CC[C@@H](C)NC(=O)[C@@H](C)N(Cc1c(Cl)cccc1Cl)C(=O)CN(c1ccc(C)cc1)S(=O)(=O)c1ccc(SC)cc1. The standard InChI is InChI=1S/C30H35Cl2N3O4S2/c1-6-21(3)33-30(37)22(4)34(18-26-27(31)8-7-9-28(26)32)29(36)19-35(23-12-10-20(2)11-13-23)41(38,39)25-16-14-24(40-5)15-17-25/h7-17,21-22H,6,18-19H2,1-5H3,(H,33,37)/t21-,22-/m1/s1. The maximum absolute atomic E-state index is 14.1. The van der Waals surface area contributed by atoms with Gasteiger partial charge in [0.15, 0.2) is 0 Å². The highest BCUT2D eigenvalue weighted by Crippen LogP contribution is 2.29. The number of thioether (sulfide) groups is 1. The molecule has 220 valence electrons. The molecule has 7 nitrogen and oxygen atoms in total. The second kappa shape index (κ2) is 14.4. The summed E-state index contributed by atoms with van der Waals surface area (Å²) in [4.78, 5) is 29.5. The number of amides is 2. The van der Waals surface area contributed by atoms with Gasteiger partial charge in [-0.25, -0.2) is 8.42 Å². The van der Waals surface area contributed by atoms with Gasteiger partial charge in [0.05, 0.1) is 10.6 Å². The number of nitrogens with zero attached hydrogens (tertiary/aromatic N) is 2. The van der Waals surface area contributed by atoms with Crippen molar-refractivity contribution in [1.29, 1.82) is 0 Å². The zero-order valence-electron chi connectivity index (χ0n) is 23.7. The molecule has 0 aliphatic carbocycles. The minimum atomic E-state index is -4.15. The fourth-order valence-corrected chi connectivity index (χ4v) is 6.36. The Balaban J connectivity index is 2.06. The Bertz CT molecular complexity index is 1450. The van der Waals surface area contributed by atoms with E-state index in [2.05, 4.69) is 5.32 Å². The zero-order valence-corrected chi connectivity index (χ0v) is 26.9. The van der Waals surface area contributed by atoms with Crippen LogP contribution in [0.25, 0.3) is 0 Å². The largest absolute Gasteiger partial charge is 0.352 e. The second-order valence-corrected chi connectivity index (χ2v) is 13.3. The summed E-state index contributed by atoms with van der Waals surface area (Å²) in [7, 11) is -4.15. The molecule has 0 unspecified atom stereocenters. The monoisotopic (exact) mass is 635 g/mol. The normalized spacial score (nSPS) is 12.9. The molecule has 3 rings (SSSR count). The van der Waals surface area contributed by atoms with Crippen molar-refractivity contribution in [2.75, 3.05) is 17.1 Å². The maximum Gasteiger partial charge on any atom is 0.264 e. The highest BCUT2D eigenvalue weighted by atomic mass is 35.5. The first-order valence-electron chi connectivity index (χ1n) is 13.1. The van der Waals surface area contributed by atoms with Crippen LogP contribution in [0, 0.1) is 6.92 Å². The van der Waals surface area contributed by atoms with E-state index < -0.39 is 28.5 Å². The highest BCUT2D eigenvalue weighted by molar-refractivity contribution is 7.98. The third kappa shape index (κ3) is 8.19.